The van der Waals surface area contributed by atoms with Crippen LogP contribution < -0.4 is 10.4 Å². The van der Waals surface area contributed by atoms with Crippen LogP contribution in [0.4, 0.5) is 0 Å². The second-order valence-corrected chi connectivity index (χ2v) is 17.5. The van der Waals surface area contributed by atoms with E-state index in [9.17, 15) is 0 Å². The summed E-state index contributed by atoms with van der Waals surface area (Å²) in [6.07, 6.45) is 12.0. The number of terminal acetylenes is 2. The molecule has 0 bridgehead atoms. The minimum atomic E-state index is -2.16. The van der Waals surface area contributed by atoms with Gasteiger partial charge in [0.25, 0.3) is 0 Å². The average molecular weight is 291 g/mol. The Morgan fingerprint density at radius 1 is 0.650 bits per heavy atom. The van der Waals surface area contributed by atoms with E-state index in [4.69, 9.17) is 12.8 Å². The summed E-state index contributed by atoms with van der Waals surface area (Å²) in [5, 5.41) is 2.52. The molecule has 0 aliphatic rings. The van der Waals surface area contributed by atoms with Crippen molar-refractivity contribution in [1.82, 2.24) is 0 Å². The topological polar surface area (TPSA) is 0 Å². The predicted octanol–water partition coefficient (Wildman–Crippen LogP) is 2.38. The Morgan fingerprint density at radius 2 is 0.950 bits per heavy atom. The van der Waals surface area contributed by atoms with Crippen LogP contribution in [0.15, 0.2) is 60.7 Å². The molecule has 2 heteroatoms. The van der Waals surface area contributed by atoms with Crippen molar-refractivity contribution in [2.24, 2.45) is 0 Å². The first kappa shape index (κ1) is 14.4. The van der Waals surface area contributed by atoms with Gasteiger partial charge in [0.05, 0.1) is 0 Å². The highest BCUT2D eigenvalue weighted by Gasteiger charge is 2.49. The third-order valence-electron chi connectivity index (χ3n) is 4.28. The van der Waals surface area contributed by atoms with Gasteiger partial charge >= 0.3 is 0 Å². The molecule has 0 aromatic heterocycles. The zero-order valence-electron chi connectivity index (χ0n) is 11.9. The highest BCUT2D eigenvalue weighted by Crippen LogP contribution is 2.18. The van der Waals surface area contributed by atoms with E-state index in [1.165, 1.54) is 10.4 Å². The Labute approximate surface area is 123 Å². The number of rotatable bonds is 3. The van der Waals surface area contributed by atoms with Crippen molar-refractivity contribution in [1.29, 1.82) is 0 Å². The van der Waals surface area contributed by atoms with Gasteiger partial charge in [-0.1, -0.05) is 73.8 Å². The summed E-state index contributed by atoms with van der Waals surface area (Å²) >= 11 is 0. The lowest BCUT2D eigenvalue weighted by Crippen LogP contribution is -2.71. The largest absolute Gasteiger partial charge is 0.175 e. The number of hydrogen-bond acceptors (Lipinski definition) is 0. The van der Waals surface area contributed by atoms with Crippen LogP contribution in [-0.2, 0) is 0 Å². The van der Waals surface area contributed by atoms with Gasteiger partial charge in [0, 0.05) is 0 Å². The van der Waals surface area contributed by atoms with Crippen molar-refractivity contribution in [2.45, 2.75) is 13.1 Å². The van der Waals surface area contributed by atoms with Gasteiger partial charge in [-0.05, 0) is 10.4 Å². The van der Waals surface area contributed by atoms with Crippen molar-refractivity contribution in [3.05, 3.63) is 60.7 Å². The summed E-state index contributed by atoms with van der Waals surface area (Å²) < 4.78 is 0. The molecule has 0 aliphatic heterocycles. The molecule has 2 atom stereocenters. The SMILES string of the molecule is C#C[Si](C)(c1ccccc1)[Si](C)(C#C)c1ccccc1. The molecule has 0 heterocycles. The Morgan fingerprint density at radius 3 is 1.20 bits per heavy atom. The molecule has 0 N–H and O–H groups in total. The summed E-state index contributed by atoms with van der Waals surface area (Å²) in [6, 6.07) is 20.8. The second kappa shape index (κ2) is 5.55. The summed E-state index contributed by atoms with van der Waals surface area (Å²) in [5.41, 5.74) is 6.29. The van der Waals surface area contributed by atoms with Crippen molar-refractivity contribution < 1.29 is 0 Å². The first-order chi connectivity index (χ1) is 9.58. The molecule has 0 saturated carbocycles. The molecule has 20 heavy (non-hydrogen) atoms. The number of benzene rings is 2. The maximum Gasteiger partial charge on any atom is 0.175 e. The van der Waals surface area contributed by atoms with Gasteiger partial charge in [0.2, 0.25) is 0 Å². The molecule has 0 aliphatic carbocycles. The van der Waals surface area contributed by atoms with Crippen LogP contribution in [0.5, 0.6) is 0 Å². The van der Waals surface area contributed by atoms with E-state index >= 15 is 0 Å². The van der Waals surface area contributed by atoms with E-state index in [0.29, 0.717) is 0 Å². The lowest BCUT2D eigenvalue weighted by molar-refractivity contribution is 1.72. The van der Waals surface area contributed by atoms with E-state index in [1.54, 1.807) is 0 Å². The monoisotopic (exact) mass is 290 g/mol. The van der Waals surface area contributed by atoms with Crippen LogP contribution >= 0.6 is 0 Å². The van der Waals surface area contributed by atoms with Gasteiger partial charge in [-0.2, -0.15) is 0 Å². The molecule has 2 aromatic carbocycles. The van der Waals surface area contributed by atoms with Gasteiger partial charge in [-0.15, -0.1) is 23.9 Å². The van der Waals surface area contributed by atoms with E-state index < -0.39 is 15.2 Å². The van der Waals surface area contributed by atoms with Gasteiger partial charge in [-0.3, -0.25) is 0 Å². The normalized spacial score (nSPS) is 16.2. The quantitative estimate of drug-likeness (QED) is 0.601. The fraction of sp³-hybridized carbons (Fsp3) is 0.111. The van der Waals surface area contributed by atoms with E-state index in [2.05, 4.69) is 48.4 Å². The van der Waals surface area contributed by atoms with Crippen LogP contribution in [-0.4, -0.2) is 15.2 Å². The summed E-state index contributed by atoms with van der Waals surface area (Å²) in [7, 11) is -4.33. The van der Waals surface area contributed by atoms with E-state index in [1.807, 2.05) is 36.4 Å². The maximum atomic E-state index is 5.99. The van der Waals surface area contributed by atoms with Crippen molar-refractivity contribution in [3.8, 4) is 23.9 Å². The fourth-order valence-electron chi connectivity index (χ4n) is 2.58. The molecule has 0 amide bonds. The maximum absolute atomic E-state index is 5.99. The molecular formula is C18H18Si2. The van der Waals surface area contributed by atoms with E-state index in [-0.39, 0.29) is 0 Å². The molecular weight excluding hydrogens is 272 g/mol. The minimum Gasteiger partial charge on any atom is -0.131 e. The molecule has 0 spiro atoms. The number of hydrogen-bond donors (Lipinski definition) is 0. The molecule has 2 unspecified atom stereocenters. The Balaban J connectivity index is 2.66. The molecule has 98 valence electrons. The first-order valence-corrected chi connectivity index (χ1v) is 12.6. The zero-order valence-corrected chi connectivity index (χ0v) is 13.9. The molecule has 0 nitrogen and oxygen atoms in total. The second-order valence-electron chi connectivity index (χ2n) is 5.27. The van der Waals surface area contributed by atoms with Gasteiger partial charge in [0.15, 0.2) is 15.2 Å². The van der Waals surface area contributed by atoms with Crippen molar-refractivity contribution >= 4 is 25.6 Å². The van der Waals surface area contributed by atoms with Crippen LogP contribution in [0, 0.1) is 23.9 Å². The van der Waals surface area contributed by atoms with Crippen molar-refractivity contribution in [3.63, 3.8) is 0 Å². The third kappa shape index (κ3) is 2.14. The zero-order chi connectivity index (χ0) is 14.6. The molecule has 0 fully saturated rings. The molecule has 2 aromatic rings. The van der Waals surface area contributed by atoms with E-state index in [0.717, 1.165) is 0 Å². The average Bonchev–Trinajstić information content (AvgIpc) is 2.54. The van der Waals surface area contributed by atoms with Crippen molar-refractivity contribution in [2.75, 3.05) is 0 Å². The molecule has 2 rings (SSSR count). The fourth-order valence-corrected chi connectivity index (χ4v) is 12.6. The summed E-state index contributed by atoms with van der Waals surface area (Å²) in [6.45, 7) is 4.48. The van der Waals surface area contributed by atoms with Gasteiger partial charge < -0.3 is 0 Å². The van der Waals surface area contributed by atoms with Gasteiger partial charge in [0.1, 0.15) is 0 Å². The standard InChI is InChI=1S/C18H18Si2/c1-5-19(3,17-13-9-7-10-14-17)20(4,6-2)18-15-11-8-12-16-18/h1-2,7-16H,3-4H3. The highest BCUT2D eigenvalue weighted by atomic mass is 29.3. The third-order valence-corrected chi connectivity index (χ3v) is 19.0. The first-order valence-electron chi connectivity index (χ1n) is 6.65. The Hall–Kier alpha value is -2.01. The lowest BCUT2D eigenvalue weighted by atomic mass is 10.4. The lowest BCUT2D eigenvalue weighted by Gasteiger charge is -2.36. The summed E-state index contributed by atoms with van der Waals surface area (Å²) in [4.78, 5) is 0. The van der Waals surface area contributed by atoms with Crippen LogP contribution in [0.25, 0.3) is 0 Å². The van der Waals surface area contributed by atoms with Crippen LogP contribution in [0.2, 0.25) is 13.1 Å². The van der Waals surface area contributed by atoms with Crippen LogP contribution in [0.1, 0.15) is 0 Å². The Kier molecular flexibility index (Phi) is 4.00. The smallest absolute Gasteiger partial charge is 0.131 e. The predicted molar refractivity (Wildman–Crippen MR) is 93.1 cm³/mol. The highest BCUT2D eigenvalue weighted by molar-refractivity contribution is 7.56. The van der Waals surface area contributed by atoms with Crippen LogP contribution in [0.3, 0.4) is 0 Å². The van der Waals surface area contributed by atoms with Gasteiger partial charge in [-0.25, -0.2) is 0 Å². The minimum absolute atomic E-state index is 1.26. The molecule has 0 radical (unpaired) electrons. The Bertz CT molecular complexity index is 603. The summed E-state index contributed by atoms with van der Waals surface area (Å²) in [5.74, 6) is 0. The molecule has 0 saturated heterocycles.